The van der Waals surface area contributed by atoms with Gasteiger partial charge in [0.15, 0.2) is 5.03 Å². The number of nitrogens with zero attached hydrogens (tertiary/aromatic N) is 1. The van der Waals surface area contributed by atoms with Crippen molar-refractivity contribution >= 4 is 10.1 Å². The van der Waals surface area contributed by atoms with Gasteiger partial charge in [0.25, 0.3) is 0 Å². The SMILES string of the molecule is CC(C)c1nc(S(=O)(=O)O)c[nH]1. The molecule has 12 heavy (non-hydrogen) atoms. The van der Waals surface area contributed by atoms with Crippen LogP contribution in [0.3, 0.4) is 0 Å². The van der Waals surface area contributed by atoms with Gasteiger partial charge in [0.2, 0.25) is 0 Å². The van der Waals surface area contributed by atoms with Gasteiger partial charge in [-0.1, -0.05) is 13.8 Å². The van der Waals surface area contributed by atoms with Gasteiger partial charge in [-0.05, 0) is 0 Å². The molecule has 0 fully saturated rings. The number of aromatic nitrogens is 2. The molecule has 0 aromatic carbocycles. The maximum atomic E-state index is 10.5. The van der Waals surface area contributed by atoms with Crippen molar-refractivity contribution in [1.29, 1.82) is 0 Å². The van der Waals surface area contributed by atoms with Crippen molar-refractivity contribution in [1.82, 2.24) is 9.97 Å². The van der Waals surface area contributed by atoms with Gasteiger partial charge in [-0.25, -0.2) is 4.98 Å². The summed E-state index contributed by atoms with van der Waals surface area (Å²) < 4.78 is 29.7. The fourth-order valence-electron chi connectivity index (χ4n) is 0.747. The molecule has 0 aliphatic rings. The van der Waals surface area contributed by atoms with Crippen LogP contribution in [-0.2, 0) is 10.1 Å². The van der Waals surface area contributed by atoms with E-state index in [4.69, 9.17) is 4.55 Å². The second kappa shape index (κ2) is 2.87. The Balaban J connectivity index is 3.09. The van der Waals surface area contributed by atoms with Gasteiger partial charge >= 0.3 is 10.1 Å². The monoisotopic (exact) mass is 190 g/mol. The molecule has 0 aliphatic heterocycles. The Bertz CT molecular complexity index is 366. The Hall–Kier alpha value is -0.880. The predicted octanol–water partition coefficient (Wildman–Crippen LogP) is 0.780. The summed E-state index contributed by atoms with van der Waals surface area (Å²) in [5.74, 6) is 0.656. The van der Waals surface area contributed by atoms with Crippen LogP contribution < -0.4 is 0 Å². The van der Waals surface area contributed by atoms with Crippen LogP contribution in [0.25, 0.3) is 0 Å². The highest BCUT2D eigenvalue weighted by Crippen LogP contribution is 2.12. The van der Waals surface area contributed by atoms with Crippen molar-refractivity contribution in [3.8, 4) is 0 Å². The lowest BCUT2D eigenvalue weighted by Crippen LogP contribution is -1.98. The molecule has 0 bridgehead atoms. The fourth-order valence-corrected chi connectivity index (χ4v) is 1.17. The molecule has 0 spiro atoms. The molecule has 6 heteroatoms. The normalized spacial score (nSPS) is 12.3. The standard InChI is InChI=1S/C6H10N2O3S/c1-4(2)6-7-3-5(8-6)12(9,10)11/h3-4H,1-2H3,(H,7,8)(H,9,10,11). The molecule has 2 N–H and O–H groups in total. The topological polar surface area (TPSA) is 83.1 Å². The molecule has 0 saturated heterocycles. The minimum absolute atomic E-state index is 0.112. The third-order valence-electron chi connectivity index (χ3n) is 1.39. The van der Waals surface area contributed by atoms with E-state index in [-0.39, 0.29) is 10.9 Å². The molecule has 0 radical (unpaired) electrons. The molecular weight excluding hydrogens is 180 g/mol. The lowest BCUT2D eigenvalue weighted by Gasteiger charge is -1.95. The second-order valence-electron chi connectivity index (χ2n) is 2.75. The van der Waals surface area contributed by atoms with Crippen molar-refractivity contribution in [2.75, 3.05) is 0 Å². The molecule has 0 amide bonds. The summed E-state index contributed by atoms with van der Waals surface area (Å²) in [6, 6.07) is 0. The molecule has 0 saturated carbocycles. The zero-order chi connectivity index (χ0) is 9.35. The first kappa shape index (κ1) is 9.21. The minimum Gasteiger partial charge on any atom is -0.347 e. The van der Waals surface area contributed by atoms with Crippen molar-refractivity contribution in [3.63, 3.8) is 0 Å². The van der Waals surface area contributed by atoms with Gasteiger partial charge in [-0.3, -0.25) is 4.55 Å². The first-order chi connectivity index (χ1) is 5.41. The molecular formula is C6H10N2O3S. The molecule has 1 aromatic heterocycles. The third kappa shape index (κ3) is 1.83. The van der Waals surface area contributed by atoms with E-state index in [2.05, 4.69) is 9.97 Å². The van der Waals surface area contributed by atoms with Crippen LogP contribution in [0, 0.1) is 0 Å². The highest BCUT2D eigenvalue weighted by atomic mass is 32.2. The van der Waals surface area contributed by atoms with Crippen LogP contribution in [0.2, 0.25) is 0 Å². The molecule has 0 atom stereocenters. The zero-order valence-corrected chi connectivity index (χ0v) is 7.59. The van der Waals surface area contributed by atoms with Gasteiger partial charge in [-0.2, -0.15) is 8.42 Å². The van der Waals surface area contributed by atoms with Crippen molar-refractivity contribution in [3.05, 3.63) is 12.0 Å². The quantitative estimate of drug-likeness (QED) is 0.675. The van der Waals surface area contributed by atoms with Crippen molar-refractivity contribution in [2.45, 2.75) is 24.8 Å². The van der Waals surface area contributed by atoms with Gasteiger partial charge in [-0.15, -0.1) is 0 Å². The summed E-state index contributed by atoms with van der Waals surface area (Å²) in [5.41, 5.74) is 0. The minimum atomic E-state index is -4.16. The van der Waals surface area contributed by atoms with E-state index in [1.807, 2.05) is 13.8 Å². The van der Waals surface area contributed by atoms with E-state index in [0.717, 1.165) is 0 Å². The summed E-state index contributed by atoms with van der Waals surface area (Å²) in [5, 5.41) is -0.328. The number of rotatable bonds is 2. The number of nitrogens with one attached hydrogen (secondary N) is 1. The summed E-state index contributed by atoms with van der Waals surface area (Å²) >= 11 is 0. The maximum absolute atomic E-state index is 10.5. The Kier molecular flexibility index (Phi) is 2.20. The van der Waals surface area contributed by atoms with Gasteiger partial charge < -0.3 is 4.98 Å². The number of H-pyrrole nitrogens is 1. The van der Waals surface area contributed by atoms with Crippen LogP contribution in [0.1, 0.15) is 25.6 Å². The summed E-state index contributed by atoms with van der Waals surface area (Å²) in [7, 11) is -4.16. The molecule has 68 valence electrons. The largest absolute Gasteiger partial charge is 0.347 e. The third-order valence-corrected chi connectivity index (χ3v) is 2.12. The molecule has 5 nitrogen and oxygen atoms in total. The summed E-state index contributed by atoms with van der Waals surface area (Å²) in [6.45, 7) is 3.74. The number of imidazole rings is 1. The van der Waals surface area contributed by atoms with E-state index in [0.29, 0.717) is 5.82 Å². The number of hydrogen-bond acceptors (Lipinski definition) is 3. The lowest BCUT2D eigenvalue weighted by atomic mass is 10.2. The lowest BCUT2D eigenvalue weighted by molar-refractivity contribution is 0.479. The molecule has 0 aliphatic carbocycles. The Morgan fingerprint density at radius 2 is 2.17 bits per heavy atom. The summed E-state index contributed by atoms with van der Waals surface area (Å²) in [4.78, 5) is 6.35. The molecule has 1 rings (SSSR count). The second-order valence-corrected chi connectivity index (χ2v) is 4.12. The Labute approximate surface area is 70.6 Å². The van der Waals surface area contributed by atoms with Crippen LogP contribution in [0.4, 0.5) is 0 Å². The average Bonchev–Trinajstić information content (AvgIpc) is 2.30. The van der Waals surface area contributed by atoms with E-state index < -0.39 is 10.1 Å². The first-order valence-electron chi connectivity index (χ1n) is 3.44. The van der Waals surface area contributed by atoms with E-state index in [1.165, 1.54) is 6.20 Å². The highest BCUT2D eigenvalue weighted by molar-refractivity contribution is 7.85. The molecule has 1 heterocycles. The van der Waals surface area contributed by atoms with E-state index >= 15 is 0 Å². The van der Waals surface area contributed by atoms with Crippen LogP contribution >= 0.6 is 0 Å². The van der Waals surface area contributed by atoms with Gasteiger partial charge in [0, 0.05) is 12.1 Å². The number of aromatic amines is 1. The van der Waals surface area contributed by atoms with Crippen LogP contribution in [0.5, 0.6) is 0 Å². The Morgan fingerprint density at radius 1 is 1.58 bits per heavy atom. The highest BCUT2D eigenvalue weighted by Gasteiger charge is 2.14. The fraction of sp³-hybridized carbons (Fsp3) is 0.500. The van der Waals surface area contributed by atoms with Crippen molar-refractivity contribution < 1.29 is 13.0 Å². The molecule has 0 unspecified atom stereocenters. The molecule has 1 aromatic rings. The zero-order valence-electron chi connectivity index (χ0n) is 6.77. The van der Waals surface area contributed by atoms with Gasteiger partial charge in [0.1, 0.15) is 5.82 Å². The van der Waals surface area contributed by atoms with E-state index in [1.54, 1.807) is 0 Å². The average molecular weight is 190 g/mol. The van der Waals surface area contributed by atoms with Crippen LogP contribution in [-0.4, -0.2) is 22.9 Å². The Morgan fingerprint density at radius 3 is 2.42 bits per heavy atom. The van der Waals surface area contributed by atoms with Gasteiger partial charge in [0.05, 0.1) is 0 Å². The smallest absolute Gasteiger partial charge is 0.313 e. The van der Waals surface area contributed by atoms with E-state index in [9.17, 15) is 8.42 Å². The number of hydrogen-bond donors (Lipinski definition) is 2. The van der Waals surface area contributed by atoms with Crippen LogP contribution in [0.15, 0.2) is 11.2 Å². The predicted molar refractivity (Wildman–Crippen MR) is 42.5 cm³/mol. The first-order valence-corrected chi connectivity index (χ1v) is 4.88. The maximum Gasteiger partial charge on any atom is 0.313 e. The summed E-state index contributed by atoms with van der Waals surface area (Å²) in [6.07, 6.45) is 1.17. The van der Waals surface area contributed by atoms with Crippen molar-refractivity contribution in [2.24, 2.45) is 0 Å².